The summed E-state index contributed by atoms with van der Waals surface area (Å²) in [6, 6.07) is 3.55. The van der Waals surface area contributed by atoms with E-state index >= 15 is 0 Å². The maximum atomic E-state index is 12.4. The van der Waals surface area contributed by atoms with Crippen LogP contribution in [0.3, 0.4) is 0 Å². The number of hydrogen-bond acceptors (Lipinski definition) is 7. The number of rotatable bonds is 7. The first kappa shape index (κ1) is 21.3. The maximum absolute atomic E-state index is 12.4. The fourth-order valence-corrected chi connectivity index (χ4v) is 3.79. The minimum absolute atomic E-state index is 0.163. The SMILES string of the molecule is C[C@@H](O)[C@H](NS(=O)(=O)c1ccc(Cl)cc1)C(=O)OCC(=O)N1CCCC1=O. The molecule has 1 aromatic rings. The molecule has 2 atom stereocenters. The molecule has 0 aromatic heterocycles. The summed E-state index contributed by atoms with van der Waals surface area (Å²) in [4.78, 5) is 36.4. The second-order valence-corrected chi connectivity index (χ2v) is 8.09. The summed E-state index contributed by atoms with van der Waals surface area (Å²) in [6.45, 7) is 0.719. The lowest BCUT2D eigenvalue weighted by atomic mass is 10.2. The average Bonchev–Trinajstić information content (AvgIpc) is 3.03. The Morgan fingerprint density at radius 1 is 1.33 bits per heavy atom. The summed E-state index contributed by atoms with van der Waals surface area (Å²) < 4.78 is 31.6. The van der Waals surface area contributed by atoms with E-state index in [4.69, 9.17) is 16.3 Å². The molecule has 2 rings (SSSR count). The Balaban J connectivity index is 2.03. The zero-order chi connectivity index (χ0) is 20.2. The van der Waals surface area contributed by atoms with Gasteiger partial charge in [0.1, 0.15) is 6.04 Å². The molecule has 9 nitrogen and oxygen atoms in total. The molecule has 0 aliphatic carbocycles. The van der Waals surface area contributed by atoms with E-state index in [9.17, 15) is 27.9 Å². The first-order chi connectivity index (χ1) is 12.6. The third kappa shape index (κ3) is 5.48. The summed E-state index contributed by atoms with van der Waals surface area (Å²) >= 11 is 5.71. The Bertz CT molecular complexity index is 824. The van der Waals surface area contributed by atoms with Gasteiger partial charge in [0, 0.05) is 18.0 Å². The Hall–Kier alpha value is -2.01. The summed E-state index contributed by atoms with van der Waals surface area (Å²) in [7, 11) is -4.15. The number of ether oxygens (including phenoxy) is 1. The topological polar surface area (TPSA) is 130 Å². The highest BCUT2D eigenvalue weighted by Crippen LogP contribution is 2.15. The zero-order valence-electron chi connectivity index (χ0n) is 14.4. The van der Waals surface area contributed by atoms with Gasteiger partial charge in [0.15, 0.2) is 6.61 Å². The molecule has 1 aliphatic rings. The van der Waals surface area contributed by atoms with Gasteiger partial charge in [-0.25, -0.2) is 8.42 Å². The number of aliphatic hydroxyl groups is 1. The van der Waals surface area contributed by atoms with Crippen LogP contribution in [0.15, 0.2) is 29.2 Å². The number of nitrogens with one attached hydrogen (secondary N) is 1. The third-order valence-corrected chi connectivity index (χ3v) is 5.56. The van der Waals surface area contributed by atoms with Gasteiger partial charge < -0.3 is 9.84 Å². The maximum Gasteiger partial charge on any atom is 0.327 e. The molecule has 1 heterocycles. The minimum atomic E-state index is -4.15. The van der Waals surface area contributed by atoms with E-state index < -0.39 is 40.7 Å². The number of imide groups is 1. The lowest BCUT2D eigenvalue weighted by Gasteiger charge is -2.20. The molecular formula is C16H19ClN2O7S. The van der Waals surface area contributed by atoms with Crippen molar-refractivity contribution in [2.24, 2.45) is 0 Å². The summed E-state index contributed by atoms with van der Waals surface area (Å²) in [6.07, 6.45) is -0.643. The molecule has 1 aromatic carbocycles. The number of amides is 2. The predicted octanol–water partition coefficient (Wildman–Crippen LogP) is 0.0599. The van der Waals surface area contributed by atoms with Crippen LogP contribution in [0.1, 0.15) is 19.8 Å². The lowest BCUT2D eigenvalue weighted by molar-refractivity contribution is -0.157. The van der Waals surface area contributed by atoms with Crippen LogP contribution in [0.25, 0.3) is 0 Å². The Morgan fingerprint density at radius 2 is 1.96 bits per heavy atom. The highest BCUT2D eigenvalue weighted by Gasteiger charge is 2.33. The number of likely N-dealkylation sites (tertiary alicyclic amines) is 1. The van der Waals surface area contributed by atoms with Crippen LogP contribution in [0, 0.1) is 0 Å². The van der Waals surface area contributed by atoms with Crippen molar-refractivity contribution in [2.45, 2.75) is 36.8 Å². The standard InChI is InChI=1S/C16H19ClN2O7S/c1-10(20)15(18-27(24,25)12-6-4-11(17)5-7-12)16(23)26-9-14(22)19-8-2-3-13(19)21/h4-7,10,15,18,20H,2-3,8-9H2,1H3/t10-,15+/m1/s1. The Kier molecular flexibility index (Phi) is 6.93. The molecule has 1 aliphatic heterocycles. The van der Waals surface area contributed by atoms with Crippen LogP contribution in [0.5, 0.6) is 0 Å². The van der Waals surface area contributed by atoms with E-state index in [1.807, 2.05) is 4.72 Å². The molecular weight excluding hydrogens is 400 g/mol. The highest BCUT2D eigenvalue weighted by atomic mass is 35.5. The second kappa shape index (κ2) is 8.79. The van der Waals surface area contributed by atoms with E-state index in [2.05, 4.69) is 0 Å². The number of benzene rings is 1. The number of hydrogen-bond donors (Lipinski definition) is 2. The number of nitrogens with zero attached hydrogens (tertiary/aromatic N) is 1. The number of sulfonamides is 1. The summed E-state index contributed by atoms with van der Waals surface area (Å²) in [5.74, 6) is -2.19. The molecule has 1 saturated heterocycles. The molecule has 0 bridgehead atoms. The molecule has 2 amide bonds. The Labute approximate surface area is 161 Å². The van der Waals surface area contributed by atoms with E-state index in [0.717, 1.165) is 4.90 Å². The molecule has 148 valence electrons. The number of halogens is 1. The van der Waals surface area contributed by atoms with Crippen molar-refractivity contribution in [2.75, 3.05) is 13.2 Å². The van der Waals surface area contributed by atoms with Gasteiger partial charge in [0.05, 0.1) is 11.0 Å². The monoisotopic (exact) mass is 418 g/mol. The van der Waals surface area contributed by atoms with Gasteiger partial charge in [-0.15, -0.1) is 0 Å². The van der Waals surface area contributed by atoms with E-state index in [1.165, 1.54) is 31.2 Å². The normalized spacial score (nSPS) is 16.9. The smallest absolute Gasteiger partial charge is 0.327 e. The van der Waals surface area contributed by atoms with Crippen molar-refractivity contribution in [3.8, 4) is 0 Å². The quantitative estimate of drug-likeness (QED) is 0.598. The minimum Gasteiger partial charge on any atom is -0.454 e. The van der Waals surface area contributed by atoms with E-state index in [1.54, 1.807) is 0 Å². The molecule has 0 unspecified atom stereocenters. The fourth-order valence-electron chi connectivity index (χ4n) is 2.40. The van der Waals surface area contributed by atoms with Gasteiger partial charge in [-0.05, 0) is 37.6 Å². The van der Waals surface area contributed by atoms with Crippen molar-refractivity contribution in [1.29, 1.82) is 0 Å². The number of carbonyl (C=O) groups is 3. The van der Waals surface area contributed by atoms with Crippen LogP contribution >= 0.6 is 11.6 Å². The predicted molar refractivity (Wildman–Crippen MR) is 94.2 cm³/mol. The largest absolute Gasteiger partial charge is 0.454 e. The van der Waals surface area contributed by atoms with E-state index in [-0.39, 0.29) is 23.8 Å². The highest BCUT2D eigenvalue weighted by molar-refractivity contribution is 7.89. The van der Waals surface area contributed by atoms with Crippen LogP contribution in [-0.4, -0.2) is 61.5 Å². The number of aliphatic hydroxyl groups excluding tert-OH is 1. The summed E-state index contributed by atoms with van der Waals surface area (Å²) in [5.41, 5.74) is 0. The zero-order valence-corrected chi connectivity index (χ0v) is 16.0. The van der Waals surface area contributed by atoms with Crippen LogP contribution < -0.4 is 4.72 Å². The van der Waals surface area contributed by atoms with Crippen molar-refractivity contribution in [3.63, 3.8) is 0 Å². The molecule has 27 heavy (non-hydrogen) atoms. The second-order valence-electron chi connectivity index (χ2n) is 5.94. The van der Waals surface area contributed by atoms with E-state index in [0.29, 0.717) is 11.4 Å². The Morgan fingerprint density at radius 3 is 2.48 bits per heavy atom. The molecule has 11 heteroatoms. The molecule has 0 saturated carbocycles. The van der Waals surface area contributed by atoms with Crippen molar-refractivity contribution >= 4 is 39.4 Å². The van der Waals surface area contributed by atoms with Gasteiger partial charge in [0.2, 0.25) is 15.9 Å². The van der Waals surface area contributed by atoms with Crippen molar-refractivity contribution < 1.29 is 32.6 Å². The van der Waals surface area contributed by atoms with Gasteiger partial charge in [-0.1, -0.05) is 11.6 Å². The third-order valence-electron chi connectivity index (χ3n) is 3.85. The molecule has 0 radical (unpaired) electrons. The average molecular weight is 419 g/mol. The van der Waals surface area contributed by atoms with Gasteiger partial charge >= 0.3 is 5.97 Å². The van der Waals surface area contributed by atoms with Crippen LogP contribution in [0.2, 0.25) is 5.02 Å². The van der Waals surface area contributed by atoms with Crippen LogP contribution in [-0.2, 0) is 29.1 Å². The lowest BCUT2D eigenvalue weighted by Crippen LogP contribution is -2.49. The fraction of sp³-hybridized carbons (Fsp3) is 0.438. The first-order valence-corrected chi connectivity index (χ1v) is 9.94. The summed E-state index contributed by atoms with van der Waals surface area (Å²) in [5, 5.41) is 10.1. The van der Waals surface area contributed by atoms with Crippen LogP contribution in [0.4, 0.5) is 0 Å². The van der Waals surface area contributed by atoms with Gasteiger partial charge in [-0.3, -0.25) is 19.3 Å². The molecule has 0 spiro atoms. The first-order valence-electron chi connectivity index (χ1n) is 8.07. The van der Waals surface area contributed by atoms with Gasteiger partial charge in [-0.2, -0.15) is 4.72 Å². The number of carbonyl (C=O) groups excluding carboxylic acids is 3. The van der Waals surface area contributed by atoms with Gasteiger partial charge in [0.25, 0.3) is 5.91 Å². The molecule has 2 N–H and O–H groups in total. The molecule has 1 fully saturated rings. The van der Waals surface area contributed by atoms with Crippen molar-refractivity contribution in [3.05, 3.63) is 29.3 Å². The number of esters is 1. The van der Waals surface area contributed by atoms with Crippen molar-refractivity contribution in [1.82, 2.24) is 9.62 Å².